The number of hydrogen-bond donors (Lipinski definition) is 1. The van der Waals surface area contributed by atoms with Crippen LogP contribution in [0.2, 0.25) is 5.02 Å². The SMILES string of the molecule is C=C(C)C(=O)OCc1cc(-n2nc3ccc(Cl)cc3n2)c(O)c(C(C)(C)C)c1. The Kier molecular flexibility index (Phi) is 5.17. The predicted octanol–water partition coefficient (Wildman–Crippen LogP) is 4.70. The molecule has 0 fully saturated rings. The number of phenolic OH excluding ortho intramolecular Hbond substituents is 1. The van der Waals surface area contributed by atoms with Gasteiger partial charge in [0.25, 0.3) is 0 Å². The second-order valence-electron chi connectivity index (χ2n) is 7.74. The van der Waals surface area contributed by atoms with E-state index in [0.29, 0.717) is 38.4 Å². The van der Waals surface area contributed by atoms with E-state index in [1.54, 1.807) is 31.2 Å². The molecule has 0 saturated carbocycles. The summed E-state index contributed by atoms with van der Waals surface area (Å²) in [6.45, 7) is 11.2. The summed E-state index contributed by atoms with van der Waals surface area (Å²) in [5.74, 6) is -0.390. The van der Waals surface area contributed by atoms with Gasteiger partial charge in [0.15, 0.2) is 0 Å². The normalized spacial score (nSPS) is 11.6. The molecule has 3 rings (SSSR count). The Bertz CT molecular complexity index is 1080. The van der Waals surface area contributed by atoms with E-state index in [-0.39, 0.29) is 17.8 Å². The van der Waals surface area contributed by atoms with Gasteiger partial charge in [-0.25, -0.2) is 4.79 Å². The summed E-state index contributed by atoms with van der Waals surface area (Å²) in [6, 6.07) is 8.74. The molecule has 0 saturated heterocycles. The van der Waals surface area contributed by atoms with Gasteiger partial charge >= 0.3 is 5.97 Å². The van der Waals surface area contributed by atoms with Gasteiger partial charge in [-0.3, -0.25) is 0 Å². The van der Waals surface area contributed by atoms with Crippen LogP contribution in [0.15, 0.2) is 42.5 Å². The monoisotopic (exact) mass is 399 g/mol. The van der Waals surface area contributed by atoms with Crippen LogP contribution in [0.5, 0.6) is 5.75 Å². The minimum absolute atomic E-state index is 0.0503. The molecule has 0 aliphatic rings. The van der Waals surface area contributed by atoms with E-state index < -0.39 is 5.97 Å². The standard InChI is InChI=1S/C21H22ClN3O3/c1-12(2)20(27)28-11-13-8-15(21(3,4)5)19(26)18(9-13)25-23-16-7-6-14(22)10-17(16)24-25/h6-10,26H,1,11H2,2-5H3. The fourth-order valence-electron chi connectivity index (χ4n) is 2.75. The van der Waals surface area contributed by atoms with Crippen LogP contribution in [0.1, 0.15) is 38.8 Å². The first kappa shape index (κ1) is 19.9. The molecule has 1 heterocycles. The average Bonchev–Trinajstić information content (AvgIpc) is 3.02. The average molecular weight is 400 g/mol. The Morgan fingerprint density at radius 3 is 2.54 bits per heavy atom. The molecule has 146 valence electrons. The minimum atomic E-state index is -0.468. The quantitative estimate of drug-likeness (QED) is 0.508. The molecule has 0 unspecified atom stereocenters. The highest BCUT2D eigenvalue weighted by atomic mass is 35.5. The first-order valence-electron chi connectivity index (χ1n) is 8.78. The van der Waals surface area contributed by atoms with E-state index in [9.17, 15) is 9.90 Å². The van der Waals surface area contributed by atoms with Gasteiger partial charge in [0.2, 0.25) is 0 Å². The number of halogens is 1. The molecular weight excluding hydrogens is 378 g/mol. The number of ether oxygens (including phenoxy) is 1. The van der Waals surface area contributed by atoms with E-state index in [1.165, 1.54) is 4.80 Å². The molecule has 0 aliphatic carbocycles. The van der Waals surface area contributed by atoms with Crippen LogP contribution in [-0.4, -0.2) is 26.1 Å². The van der Waals surface area contributed by atoms with Crippen molar-refractivity contribution in [2.45, 2.75) is 39.7 Å². The number of phenols is 1. The third kappa shape index (κ3) is 4.02. The van der Waals surface area contributed by atoms with Crippen LogP contribution >= 0.6 is 11.6 Å². The molecule has 7 heteroatoms. The first-order chi connectivity index (χ1) is 13.1. The molecule has 0 aliphatic heterocycles. The number of carbonyl (C=O) groups excluding carboxylic acids is 1. The number of nitrogens with zero attached hydrogens (tertiary/aromatic N) is 3. The van der Waals surface area contributed by atoms with Crippen molar-refractivity contribution < 1.29 is 14.6 Å². The summed E-state index contributed by atoms with van der Waals surface area (Å²) >= 11 is 6.03. The van der Waals surface area contributed by atoms with Crippen molar-refractivity contribution >= 4 is 28.6 Å². The zero-order chi connectivity index (χ0) is 20.6. The van der Waals surface area contributed by atoms with Crippen molar-refractivity contribution in [2.24, 2.45) is 0 Å². The first-order valence-corrected chi connectivity index (χ1v) is 9.16. The van der Waals surface area contributed by atoms with Crippen molar-refractivity contribution in [3.63, 3.8) is 0 Å². The van der Waals surface area contributed by atoms with E-state index in [1.807, 2.05) is 26.8 Å². The third-order valence-corrected chi connectivity index (χ3v) is 4.47. The second-order valence-corrected chi connectivity index (χ2v) is 8.18. The summed E-state index contributed by atoms with van der Waals surface area (Å²) in [7, 11) is 0. The maximum Gasteiger partial charge on any atom is 0.333 e. The molecule has 1 N–H and O–H groups in total. The highest BCUT2D eigenvalue weighted by Crippen LogP contribution is 2.36. The molecule has 2 aromatic carbocycles. The van der Waals surface area contributed by atoms with Crippen LogP contribution in [0, 0.1) is 0 Å². The van der Waals surface area contributed by atoms with E-state index >= 15 is 0 Å². The molecular formula is C21H22ClN3O3. The van der Waals surface area contributed by atoms with Crippen molar-refractivity contribution in [2.75, 3.05) is 0 Å². The van der Waals surface area contributed by atoms with Gasteiger partial charge in [0.1, 0.15) is 29.1 Å². The summed E-state index contributed by atoms with van der Waals surface area (Å²) in [4.78, 5) is 13.1. The summed E-state index contributed by atoms with van der Waals surface area (Å²) < 4.78 is 5.27. The smallest absolute Gasteiger partial charge is 0.333 e. The number of esters is 1. The highest BCUT2D eigenvalue weighted by molar-refractivity contribution is 6.31. The van der Waals surface area contributed by atoms with E-state index in [0.717, 1.165) is 0 Å². The van der Waals surface area contributed by atoms with Gasteiger partial charge in [0.05, 0.1) is 0 Å². The number of aromatic nitrogens is 3. The Labute approximate surface area is 168 Å². The largest absolute Gasteiger partial charge is 0.505 e. The van der Waals surface area contributed by atoms with Crippen LogP contribution in [0.3, 0.4) is 0 Å². The number of rotatable bonds is 4. The van der Waals surface area contributed by atoms with Crippen molar-refractivity contribution in [1.82, 2.24) is 15.0 Å². The lowest BCUT2D eigenvalue weighted by molar-refractivity contribution is -0.140. The summed E-state index contributed by atoms with van der Waals surface area (Å²) in [5.41, 5.74) is 3.07. The maximum absolute atomic E-state index is 11.8. The zero-order valence-corrected chi connectivity index (χ0v) is 17.0. The fourth-order valence-corrected chi connectivity index (χ4v) is 2.92. The van der Waals surface area contributed by atoms with Gasteiger partial charge < -0.3 is 9.84 Å². The molecule has 0 amide bonds. The Balaban J connectivity index is 2.11. The molecule has 3 aromatic rings. The lowest BCUT2D eigenvalue weighted by Crippen LogP contribution is -2.15. The fraction of sp³-hybridized carbons (Fsp3) is 0.286. The van der Waals surface area contributed by atoms with Crippen LogP contribution < -0.4 is 0 Å². The van der Waals surface area contributed by atoms with Gasteiger partial charge in [-0.1, -0.05) is 39.0 Å². The van der Waals surface area contributed by atoms with Crippen LogP contribution in [0.4, 0.5) is 0 Å². The van der Waals surface area contributed by atoms with Crippen LogP contribution in [0.25, 0.3) is 16.7 Å². The van der Waals surface area contributed by atoms with Crippen molar-refractivity contribution in [3.8, 4) is 11.4 Å². The van der Waals surface area contributed by atoms with E-state index in [2.05, 4.69) is 16.8 Å². The van der Waals surface area contributed by atoms with Crippen LogP contribution in [-0.2, 0) is 21.6 Å². The summed E-state index contributed by atoms with van der Waals surface area (Å²) in [6.07, 6.45) is 0. The lowest BCUT2D eigenvalue weighted by atomic mass is 9.85. The van der Waals surface area contributed by atoms with E-state index in [4.69, 9.17) is 16.3 Å². The Morgan fingerprint density at radius 2 is 1.89 bits per heavy atom. The van der Waals surface area contributed by atoms with Crippen molar-refractivity contribution in [1.29, 1.82) is 0 Å². The zero-order valence-electron chi connectivity index (χ0n) is 16.3. The molecule has 0 atom stereocenters. The molecule has 0 spiro atoms. The minimum Gasteiger partial charge on any atom is -0.505 e. The Morgan fingerprint density at radius 1 is 1.21 bits per heavy atom. The number of benzene rings is 2. The number of hydrogen-bond acceptors (Lipinski definition) is 5. The maximum atomic E-state index is 11.8. The topological polar surface area (TPSA) is 77.2 Å². The second kappa shape index (κ2) is 7.28. The predicted molar refractivity (Wildman–Crippen MR) is 109 cm³/mol. The molecule has 0 radical (unpaired) electrons. The summed E-state index contributed by atoms with van der Waals surface area (Å²) in [5, 5.41) is 20.3. The van der Waals surface area contributed by atoms with Crippen molar-refractivity contribution in [3.05, 3.63) is 58.6 Å². The van der Waals surface area contributed by atoms with Gasteiger partial charge in [-0.05, 0) is 48.2 Å². The third-order valence-electron chi connectivity index (χ3n) is 4.23. The lowest BCUT2D eigenvalue weighted by Gasteiger charge is -2.23. The van der Waals surface area contributed by atoms with Gasteiger partial charge in [-0.15, -0.1) is 15.0 Å². The van der Waals surface area contributed by atoms with Gasteiger partial charge in [0, 0.05) is 16.2 Å². The molecule has 6 nitrogen and oxygen atoms in total. The van der Waals surface area contributed by atoms with Gasteiger partial charge in [-0.2, -0.15) is 0 Å². The number of fused-ring (bicyclic) bond motifs is 1. The molecule has 28 heavy (non-hydrogen) atoms. The Hall–Kier alpha value is -2.86. The molecule has 0 bridgehead atoms. The number of aromatic hydroxyl groups is 1. The molecule has 1 aromatic heterocycles. The highest BCUT2D eigenvalue weighted by Gasteiger charge is 2.23. The number of carbonyl (C=O) groups is 1.